The Morgan fingerprint density at radius 2 is 1.89 bits per heavy atom. The molecule has 0 amide bonds. The van der Waals surface area contributed by atoms with E-state index >= 15 is 0 Å². The van der Waals surface area contributed by atoms with Crippen LogP contribution in [0.25, 0.3) is 11.3 Å². The fourth-order valence-corrected chi connectivity index (χ4v) is 3.39. The summed E-state index contributed by atoms with van der Waals surface area (Å²) >= 11 is 7.40. The van der Waals surface area contributed by atoms with E-state index in [-0.39, 0.29) is 0 Å². The molecule has 0 saturated heterocycles. The van der Waals surface area contributed by atoms with Crippen molar-refractivity contribution < 1.29 is 13.6 Å². The van der Waals surface area contributed by atoms with Crippen LogP contribution < -0.4 is 4.74 Å². The maximum absolute atomic E-state index is 6.02. The van der Waals surface area contributed by atoms with Crippen LogP contribution in [0.2, 0.25) is 5.02 Å². The lowest BCUT2D eigenvalue weighted by molar-refractivity contribution is 0.413. The highest BCUT2D eigenvalue weighted by Crippen LogP contribution is 2.27. The largest absolute Gasteiger partial charge is 0.497 e. The SMILES string of the molecule is COc1ccc(Cc2nnc(SCc3ncc(-c4cccc(Cl)c4)o3)o2)cc1. The molecule has 0 spiro atoms. The summed E-state index contributed by atoms with van der Waals surface area (Å²) in [6.07, 6.45) is 2.25. The topological polar surface area (TPSA) is 74.2 Å². The van der Waals surface area contributed by atoms with Gasteiger partial charge in [0.15, 0.2) is 5.76 Å². The maximum atomic E-state index is 6.02. The lowest BCUT2D eigenvalue weighted by Crippen LogP contribution is -1.89. The van der Waals surface area contributed by atoms with Crippen molar-refractivity contribution in [2.75, 3.05) is 7.11 Å². The van der Waals surface area contributed by atoms with E-state index < -0.39 is 0 Å². The molecule has 142 valence electrons. The maximum Gasteiger partial charge on any atom is 0.277 e. The van der Waals surface area contributed by atoms with E-state index in [0.29, 0.717) is 40.0 Å². The summed E-state index contributed by atoms with van der Waals surface area (Å²) < 4.78 is 16.6. The van der Waals surface area contributed by atoms with Crippen LogP contribution in [0.1, 0.15) is 17.3 Å². The molecule has 0 radical (unpaired) electrons. The number of hydrogen-bond acceptors (Lipinski definition) is 7. The summed E-state index contributed by atoms with van der Waals surface area (Å²) in [6, 6.07) is 15.2. The molecular weight excluding hydrogens is 398 g/mol. The molecule has 0 aliphatic rings. The minimum atomic E-state index is 0.478. The van der Waals surface area contributed by atoms with E-state index in [2.05, 4.69) is 15.2 Å². The summed E-state index contributed by atoms with van der Waals surface area (Å²) in [5.41, 5.74) is 1.95. The molecule has 6 nitrogen and oxygen atoms in total. The van der Waals surface area contributed by atoms with Crippen molar-refractivity contribution in [3.05, 3.63) is 77.1 Å². The predicted molar refractivity (Wildman–Crippen MR) is 107 cm³/mol. The first kappa shape index (κ1) is 18.6. The van der Waals surface area contributed by atoms with E-state index in [1.807, 2.05) is 48.5 Å². The Morgan fingerprint density at radius 1 is 1.04 bits per heavy atom. The highest BCUT2D eigenvalue weighted by atomic mass is 35.5. The summed E-state index contributed by atoms with van der Waals surface area (Å²) in [7, 11) is 1.64. The molecule has 2 aromatic carbocycles. The number of methoxy groups -OCH3 is 1. The lowest BCUT2D eigenvalue weighted by atomic mass is 10.1. The minimum Gasteiger partial charge on any atom is -0.497 e. The first-order valence-electron chi connectivity index (χ1n) is 8.48. The Morgan fingerprint density at radius 3 is 2.68 bits per heavy atom. The van der Waals surface area contributed by atoms with Gasteiger partial charge < -0.3 is 13.6 Å². The van der Waals surface area contributed by atoms with Gasteiger partial charge in [-0.1, -0.05) is 47.6 Å². The molecule has 28 heavy (non-hydrogen) atoms. The van der Waals surface area contributed by atoms with Gasteiger partial charge in [-0.25, -0.2) is 4.98 Å². The Bertz CT molecular complexity index is 1060. The number of halogens is 1. The van der Waals surface area contributed by atoms with E-state index in [1.54, 1.807) is 13.3 Å². The fraction of sp³-hybridized carbons (Fsp3) is 0.150. The first-order chi connectivity index (χ1) is 13.7. The molecule has 0 fully saturated rings. The van der Waals surface area contributed by atoms with Crippen LogP contribution in [-0.2, 0) is 12.2 Å². The molecule has 8 heteroatoms. The van der Waals surface area contributed by atoms with Gasteiger partial charge >= 0.3 is 0 Å². The number of hydrogen-bond donors (Lipinski definition) is 0. The lowest BCUT2D eigenvalue weighted by Gasteiger charge is -2.00. The normalized spacial score (nSPS) is 10.9. The van der Waals surface area contributed by atoms with Crippen molar-refractivity contribution >= 4 is 23.4 Å². The molecule has 4 rings (SSSR count). The van der Waals surface area contributed by atoms with Crippen molar-refractivity contribution in [3.63, 3.8) is 0 Å². The van der Waals surface area contributed by atoms with Crippen LogP contribution >= 0.6 is 23.4 Å². The smallest absolute Gasteiger partial charge is 0.277 e. The second kappa shape index (κ2) is 8.50. The van der Waals surface area contributed by atoms with E-state index in [9.17, 15) is 0 Å². The van der Waals surface area contributed by atoms with Crippen LogP contribution in [0, 0.1) is 0 Å². The number of nitrogens with zero attached hydrogens (tertiary/aromatic N) is 3. The van der Waals surface area contributed by atoms with Crippen LogP contribution in [0.5, 0.6) is 5.75 Å². The zero-order chi connectivity index (χ0) is 19.3. The second-order valence-corrected chi connectivity index (χ2v) is 7.27. The molecule has 0 unspecified atom stereocenters. The summed E-state index contributed by atoms with van der Waals surface area (Å²) in [5, 5.41) is 9.30. The number of oxazole rings is 1. The average Bonchev–Trinajstić information content (AvgIpc) is 3.36. The molecule has 4 aromatic rings. The Hall–Kier alpha value is -2.77. The molecule has 0 bridgehead atoms. The third-order valence-corrected chi connectivity index (χ3v) is 4.98. The van der Waals surface area contributed by atoms with Gasteiger partial charge in [0.2, 0.25) is 11.8 Å². The standard InChI is InChI=1S/C20H16ClN3O3S/c1-25-16-7-5-13(6-8-16)9-18-23-24-20(27-18)28-12-19-22-11-17(26-19)14-3-2-4-15(21)10-14/h2-8,10-11H,9,12H2,1H3. The number of benzene rings is 2. The summed E-state index contributed by atoms with van der Waals surface area (Å²) in [6.45, 7) is 0. The predicted octanol–water partition coefficient (Wildman–Crippen LogP) is 5.27. The molecule has 2 aromatic heterocycles. The van der Waals surface area contributed by atoms with Crippen molar-refractivity contribution in [2.24, 2.45) is 0 Å². The molecule has 0 N–H and O–H groups in total. The number of rotatable bonds is 7. The van der Waals surface area contributed by atoms with Gasteiger partial charge in [-0.2, -0.15) is 0 Å². The van der Waals surface area contributed by atoms with E-state index in [1.165, 1.54) is 11.8 Å². The quantitative estimate of drug-likeness (QED) is 0.382. The van der Waals surface area contributed by atoms with Gasteiger partial charge in [0, 0.05) is 10.6 Å². The van der Waals surface area contributed by atoms with Crippen molar-refractivity contribution in [2.45, 2.75) is 17.4 Å². The van der Waals surface area contributed by atoms with E-state index in [4.69, 9.17) is 25.2 Å². The van der Waals surface area contributed by atoms with Crippen LogP contribution in [0.3, 0.4) is 0 Å². The zero-order valence-corrected chi connectivity index (χ0v) is 16.5. The number of ether oxygens (including phenoxy) is 1. The molecule has 0 saturated carbocycles. The summed E-state index contributed by atoms with van der Waals surface area (Å²) in [4.78, 5) is 4.30. The van der Waals surface area contributed by atoms with Crippen LogP contribution in [0.15, 0.2) is 68.8 Å². The fourth-order valence-electron chi connectivity index (χ4n) is 2.56. The summed E-state index contributed by atoms with van der Waals surface area (Å²) in [5.74, 6) is 3.11. The van der Waals surface area contributed by atoms with Gasteiger partial charge in [-0.3, -0.25) is 0 Å². The van der Waals surface area contributed by atoms with Crippen molar-refractivity contribution in [3.8, 4) is 17.1 Å². The van der Waals surface area contributed by atoms with Crippen LogP contribution in [0.4, 0.5) is 0 Å². The molecule has 0 atom stereocenters. The number of thioether (sulfide) groups is 1. The Balaban J connectivity index is 1.35. The third-order valence-electron chi connectivity index (χ3n) is 3.94. The van der Waals surface area contributed by atoms with Gasteiger partial charge in [-0.15, -0.1) is 10.2 Å². The Kier molecular flexibility index (Phi) is 5.64. The molecular formula is C20H16ClN3O3S. The van der Waals surface area contributed by atoms with Crippen LogP contribution in [-0.4, -0.2) is 22.3 Å². The first-order valence-corrected chi connectivity index (χ1v) is 9.85. The van der Waals surface area contributed by atoms with Crippen molar-refractivity contribution in [1.29, 1.82) is 0 Å². The monoisotopic (exact) mass is 413 g/mol. The van der Waals surface area contributed by atoms with Crippen molar-refractivity contribution in [1.82, 2.24) is 15.2 Å². The van der Waals surface area contributed by atoms with E-state index in [0.717, 1.165) is 16.9 Å². The van der Waals surface area contributed by atoms with Gasteiger partial charge in [0.05, 0.1) is 25.5 Å². The average molecular weight is 414 g/mol. The highest BCUT2D eigenvalue weighted by molar-refractivity contribution is 7.98. The van der Waals surface area contributed by atoms with Gasteiger partial charge in [0.1, 0.15) is 5.75 Å². The molecule has 0 aliphatic carbocycles. The third kappa shape index (κ3) is 4.55. The zero-order valence-electron chi connectivity index (χ0n) is 15.0. The minimum absolute atomic E-state index is 0.478. The molecule has 0 aliphatic heterocycles. The highest BCUT2D eigenvalue weighted by Gasteiger charge is 2.11. The number of aromatic nitrogens is 3. The van der Waals surface area contributed by atoms with Gasteiger partial charge in [0.25, 0.3) is 5.22 Å². The Labute approximate surface area is 170 Å². The van der Waals surface area contributed by atoms with Gasteiger partial charge in [-0.05, 0) is 29.8 Å². The molecule has 2 heterocycles. The second-order valence-electron chi connectivity index (χ2n) is 5.90.